The number of halogens is 1. The van der Waals surface area contributed by atoms with Crippen LogP contribution in [0, 0.1) is 11.3 Å². The Morgan fingerprint density at radius 2 is 1.85 bits per heavy atom. The molecule has 0 bridgehead atoms. The Balaban J connectivity index is 2.21. The van der Waals surface area contributed by atoms with E-state index in [1.54, 1.807) is 17.0 Å². The van der Waals surface area contributed by atoms with E-state index in [1.165, 1.54) is 7.11 Å². The third-order valence-corrected chi connectivity index (χ3v) is 5.73. The Kier molecular flexibility index (Phi) is 6.43. The highest BCUT2D eigenvalue weighted by Gasteiger charge is 2.50. The molecule has 1 aliphatic heterocycles. The number of ether oxygens (including phenoxy) is 1. The van der Waals surface area contributed by atoms with Crippen LogP contribution in [0.15, 0.2) is 24.3 Å². The largest absolute Gasteiger partial charge is 0.453 e. The zero-order valence-electron chi connectivity index (χ0n) is 16.6. The summed E-state index contributed by atoms with van der Waals surface area (Å²) in [6, 6.07) is 6.51. The molecule has 0 unspecified atom stereocenters. The van der Waals surface area contributed by atoms with E-state index in [1.807, 2.05) is 39.8 Å². The average molecular weight is 397 g/mol. The quantitative estimate of drug-likeness (QED) is 0.819. The molecule has 1 aromatic rings. The molecule has 0 spiro atoms. The van der Waals surface area contributed by atoms with Crippen LogP contribution in [0.3, 0.4) is 0 Å². The Labute approximate surface area is 165 Å². The molecule has 1 aromatic carbocycles. The van der Waals surface area contributed by atoms with Gasteiger partial charge in [-0.1, -0.05) is 51.4 Å². The van der Waals surface area contributed by atoms with E-state index in [4.69, 9.17) is 11.6 Å². The number of methoxy groups -OCH3 is 1. The lowest BCUT2D eigenvalue weighted by Gasteiger charge is -2.51. The molecule has 1 fully saturated rings. The standard InChI is InChI=1S/C20H29ClN2O4/c1-13(2)16(22-18(25)27-5)17(24)23-11-10-20(26,19(3,4)12-23)14-6-8-15(21)9-7-14/h6-9,13,16,26H,10-12H2,1-5H3,(H,22,25)/t16-,20+/m1/s1. The van der Waals surface area contributed by atoms with Gasteiger partial charge in [-0.15, -0.1) is 0 Å². The molecule has 1 saturated heterocycles. The maximum atomic E-state index is 13.0. The van der Waals surface area contributed by atoms with Crippen molar-refractivity contribution in [2.45, 2.75) is 45.8 Å². The summed E-state index contributed by atoms with van der Waals surface area (Å²) < 4.78 is 4.64. The van der Waals surface area contributed by atoms with Crippen LogP contribution in [-0.2, 0) is 15.1 Å². The molecule has 150 valence electrons. The fourth-order valence-corrected chi connectivity index (χ4v) is 3.79. The van der Waals surface area contributed by atoms with Crippen molar-refractivity contribution in [3.63, 3.8) is 0 Å². The number of carbonyl (C=O) groups excluding carboxylic acids is 2. The van der Waals surface area contributed by atoms with Gasteiger partial charge in [0.1, 0.15) is 6.04 Å². The van der Waals surface area contributed by atoms with Gasteiger partial charge in [-0.2, -0.15) is 0 Å². The summed E-state index contributed by atoms with van der Waals surface area (Å²) in [7, 11) is 1.27. The van der Waals surface area contributed by atoms with Gasteiger partial charge in [0.05, 0.1) is 12.7 Å². The van der Waals surface area contributed by atoms with E-state index in [9.17, 15) is 14.7 Å². The predicted molar refractivity (Wildman–Crippen MR) is 104 cm³/mol. The number of amides is 2. The van der Waals surface area contributed by atoms with E-state index in [0.29, 0.717) is 24.5 Å². The van der Waals surface area contributed by atoms with Crippen LogP contribution in [0.25, 0.3) is 0 Å². The van der Waals surface area contributed by atoms with Crippen molar-refractivity contribution >= 4 is 23.6 Å². The van der Waals surface area contributed by atoms with Gasteiger partial charge in [-0.25, -0.2) is 4.79 Å². The van der Waals surface area contributed by atoms with Gasteiger partial charge < -0.3 is 20.1 Å². The summed E-state index contributed by atoms with van der Waals surface area (Å²) in [5.41, 5.74) is -0.865. The number of hydrogen-bond acceptors (Lipinski definition) is 4. The van der Waals surface area contributed by atoms with Crippen LogP contribution >= 0.6 is 11.6 Å². The summed E-state index contributed by atoms with van der Waals surface area (Å²) in [5, 5.41) is 14.7. The van der Waals surface area contributed by atoms with Gasteiger partial charge in [0.2, 0.25) is 5.91 Å². The first kappa shape index (κ1) is 21.5. The van der Waals surface area contributed by atoms with Crippen molar-refractivity contribution in [3.05, 3.63) is 34.9 Å². The maximum absolute atomic E-state index is 13.0. The van der Waals surface area contributed by atoms with Gasteiger partial charge in [0.25, 0.3) is 0 Å². The van der Waals surface area contributed by atoms with Gasteiger partial charge in [-0.05, 0) is 30.0 Å². The van der Waals surface area contributed by atoms with Crippen LogP contribution in [0.1, 0.15) is 39.7 Å². The topological polar surface area (TPSA) is 78.9 Å². The minimum absolute atomic E-state index is 0.0863. The number of nitrogens with zero attached hydrogens (tertiary/aromatic N) is 1. The number of piperidine rings is 1. The van der Waals surface area contributed by atoms with Crippen molar-refractivity contribution in [3.8, 4) is 0 Å². The molecule has 27 heavy (non-hydrogen) atoms. The molecule has 0 aromatic heterocycles. The number of carbonyl (C=O) groups is 2. The van der Waals surface area contributed by atoms with Crippen LogP contribution in [0.4, 0.5) is 4.79 Å². The van der Waals surface area contributed by atoms with Gasteiger partial charge in [0.15, 0.2) is 0 Å². The number of aliphatic hydroxyl groups is 1. The molecule has 2 amide bonds. The summed E-state index contributed by atoms with van der Waals surface area (Å²) in [4.78, 5) is 26.3. The molecule has 7 heteroatoms. The summed E-state index contributed by atoms with van der Waals surface area (Å²) >= 11 is 5.97. The number of nitrogens with one attached hydrogen (secondary N) is 1. The van der Waals surface area contributed by atoms with Crippen molar-refractivity contribution in [1.82, 2.24) is 10.2 Å². The molecule has 2 N–H and O–H groups in total. The van der Waals surface area contributed by atoms with E-state index in [0.717, 1.165) is 5.56 Å². The molecule has 6 nitrogen and oxygen atoms in total. The lowest BCUT2D eigenvalue weighted by atomic mass is 9.66. The molecule has 0 aliphatic carbocycles. The molecular formula is C20H29ClN2O4. The first-order chi connectivity index (χ1) is 12.5. The average Bonchev–Trinajstić information content (AvgIpc) is 2.61. The second-order valence-electron chi connectivity index (χ2n) is 8.12. The van der Waals surface area contributed by atoms with E-state index in [-0.39, 0.29) is 11.8 Å². The van der Waals surface area contributed by atoms with Crippen LogP contribution in [0.5, 0.6) is 0 Å². The minimum Gasteiger partial charge on any atom is -0.453 e. The summed E-state index contributed by atoms with van der Waals surface area (Å²) in [6.07, 6.45) is -0.229. The molecular weight excluding hydrogens is 368 g/mol. The zero-order valence-corrected chi connectivity index (χ0v) is 17.3. The molecule has 1 aliphatic rings. The minimum atomic E-state index is -1.07. The second-order valence-corrected chi connectivity index (χ2v) is 8.55. The van der Waals surface area contributed by atoms with Crippen molar-refractivity contribution in [2.24, 2.45) is 11.3 Å². The SMILES string of the molecule is COC(=O)N[C@@H](C(=O)N1CC[C@](O)(c2ccc(Cl)cc2)C(C)(C)C1)C(C)C. The lowest BCUT2D eigenvalue weighted by molar-refractivity contribution is -0.155. The number of likely N-dealkylation sites (tertiary alicyclic amines) is 1. The number of benzene rings is 1. The highest BCUT2D eigenvalue weighted by Crippen LogP contribution is 2.46. The molecule has 2 atom stereocenters. The van der Waals surface area contributed by atoms with Crippen molar-refractivity contribution < 1.29 is 19.4 Å². The maximum Gasteiger partial charge on any atom is 0.407 e. The fourth-order valence-electron chi connectivity index (χ4n) is 3.67. The normalized spacial score (nSPS) is 23.0. The van der Waals surface area contributed by atoms with E-state index in [2.05, 4.69) is 10.1 Å². The first-order valence-corrected chi connectivity index (χ1v) is 9.51. The number of alkyl carbamates (subject to hydrolysis) is 1. The number of hydrogen-bond donors (Lipinski definition) is 2. The van der Waals surface area contributed by atoms with Crippen LogP contribution < -0.4 is 5.32 Å². The lowest BCUT2D eigenvalue weighted by Crippen LogP contribution is -2.60. The van der Waals surface area contributed by atoms with Crippen molar-refractivity contribution in [2.75, 3.05) is 20.2 Å². The van der Waals surface area contributed by atoms with E-state index < -0.39 is 23.2 Å². The van der Waals surface area contributed by atoms with E-state index >= 15 is 0 Å². The fraction of sp³-hybridized carbons (Fsp3) is 0.600. The van der Waals surface area contributed by atoms with Gasteiger partial charge >= 0.3 is 6.09 Å². The van der Waals surface area contributed by atoms with Crippen molar-refractivity contribution in [1.29, 1.82) is 0 Å². The van der Waals surface area contributed by atoms with Gasteiger partial charge in [0, 0.05) is 23.5 Å². The highest BCUT2D eigenvalue weighted by atomic mass is 35.5. The molecule has 2 rings (SSSR count). The smallest absolute Gasteiger partial charge is 0.407 e. The third kappa shape index (κ3) is 4.38. The van der Waals surface area contributed by atoms with Gasteiger partial charge in [-0.3, -0.25) is 4.79 Å². The number of rotatable bonds is 4. The Morgan fingerprint density at radius 1 is 1.26 bits per heavy atom. The predicted octanol–water partition coefficient (Wildman–Crippen LogP) is 3.17. The summed E-state index contributed by atoms with van der Waals surface area (Å²) in [5.74, 6) is -0.251. The first-order valence-electron chi connectivity index (χ1n) is 9.13. The second kappa shape index (κ2) is 8.07. The van der Waals surface area contributed by atoms with Crippen LogP contribution in [0.2, 0.25) is 5.02 Å². The third-order valence-electron chi connectivity index (χ3n) is 5.47. The Morgan fingerprint density at radius 3 is 2.33 bits per heavy atom. The monoisotopic (exact) mass is 396 g/mol. The Bertz CT molecular complexity index is 690. The van der Waals surface area contributed by atoms with Crippen LogP contribution in [-0.4, -0.2) is 48.2 Å². The molecule has 0 radical (unpaired) electrons. The molecule has 1 heterocycles. The zero-order chi connectivity index (χ0) is 20.4. The molecule has 0 saturated carbocycles. The summed E-state index contributed by atoms with van der Waals surface area (Å²) in [6.45, 7) is 8.40. The Hall–Kier alpha value is -1.79. The highest BCUT2D eigenvalue weighted by molar-refractivity contribution is 6.30.